The lowest BCUT2D eigenvalue weighted by molar-refractivity contribution is -0.0854. The molecule has 0 saturated carbocycles. The van der Waals surface area contributed by atoms with Gasteiger partial charge in [-0.15, -0.1) is 0 Å². The molecule has 0 amide bonds. The van der Waals surface area contributed by atoms with Gasteiger partial charge >= 0.3 is 0 Å². The summed E-state index contributed by atoms with van der Waals surface area (Å²) >= 11 is 0. The Kier molecular flexibility index (Phi) is 5.43. The Balaban J connectivity index is 4.84. The Morgan fingerprint density at radius 1 is 1.43 bits per heavy atom. The number of rotatable bonds is 4. The third kappa shape index (κ3) is 3.90. The second-order valence-corrected chi connectivity index (χ2v) is 3.67. The summed E-state index contributed by atoms with van der Waals surface area (Å²) in [4.78, 5) is 0. The highest BCUT2D eigenvalue weighted by Crippen LogP contribution is 2.18. The molecule has 0 saturated heterocycles. The van der Waals surface area contributed by atoms with Crippen molar-refractivity contribution < 1.29 is 5.21 Å². The maximum absolute atomic E-state index is 9.35. The minimum Gasteiger partial charge on any atom is -0.314 e. The van der Waals surface area contributed by atoms with Crippen LogP contribution in [-0.4, -0.2) is 23.4 Å². The molecule has 0 spiro atoms. The van der Waals surface area contributed by atoms with E-state index in [1.54, 1.807) is 7.05 Å². The molecule has 0 aromatic rings. The van der Waals surface area contributed by atoms with Crippen LogP contribution < -0.4 is 0 Å². The normalized spacial score (nSPS) is 15.9. The van der Waals surface area contributed by atoms with Crippen molar-refractivity contribution in [3.8, 4) is 0 Å². The molecule has 14 heavy (non-hydrogen) atoms. The van der Waals surface area contributed by atoms with Crippen LogP contribution in [0.5, 0.6) is 0 Å². The Bertz CT molecular complexity index is 261. The number of hydrogen-bond donors (Lipinski definition) is 1. The van der Waals surface area contributed by atoms with Gasteiger partial charge in [0.2, 0.25) is 0 Å². The van der Waals surface area contributed by atoms with Gasteiger partial charge in [-0.2, -0.15) is 5.06 Å². The summed E-state index contributed by atoms with van der Waals surface area (Å²) in [6, 6.07) is 0.00981. The van der Waals surface area contributed by atoms with Gasteiger partial charge in [-0.05, 0) is 38.8 Å². The topological polar surface area (TPSA) is 23.5 Å². The standard InChI is InChI=1S/C12H21NO/c1-7-12(11(5)13(6)14)10(4)8-9(2)3/h7-8,11,14H,2H2,1,3-6H3. The molecule has 0 heterocycles. The molecule has 2 nitrogen and oxygen atoms in total. The van der Waals surface area contributed by atoms with Crippen molar-refractivity contribution in [1.82, 2.24) is 5.06 Å². The number of likely N-dealkylation sites (N-methyl/N-ethyl adjacent to an activating group) is 1. The molecule has 0 bridgehead atoms. The third-order valence-corrected chi connectivity index (χ3v) is 2.24. The van der Waals surface area contributed by atoms with Crippen molar-refractivity contribution in [1.29, 1.82) is 0 Å². The van der Waals surface area contributed by atoms with Gasteiger partial charge in [0.15, 0.2) is 0 Å². The Hall–Kier alpha value is -0.860. The van der Waals surface area contributed by atoms with Crippen molar-refractivity contribution in [3.05, 3.63) is 35.5 Å². The summed E-state index contributed by atoms with van der Waals surface area (Å²) in [5.41, 5.74) is 3.29. The smallest absolute Gasteiger partial charge is 0.0567 e. The van der Waals surface area contributed by atoms with Crippen molar-refractivity contribution >= 4 is 0 Å². The largest absolute Gasteiger partial charge is 0.314 e. The first kappa shape index (κ1) is 13.1. The molecular formula is C12H21NO. The molecule has 2 heteroatoms. The first-order chi connectivity index (χ1) is 6.40. The van der Waals surface area contributed by atoms with Gasteiger partial charge in [0, 0.05) is 7.05 Å². The fourth-order valence-corrected chi connectivity index (χ4v) is 1.45. The van der Waals surface area contributed by atoms with Crippen LogP contribution >= 0.6 is 0 Å². The highest BCUT2D eigenvalue weighted by atomic mass is 16.5. The van der Waals surface area contributed by atoms with Crippen LogP contribution in [0.4, 0.5) is 0 Å². The molecule has 0 aromatic carbocycles. The first-order valence-electron chi connectivity index (χ1n) is 4.82. The van der Waals surface area contributed by atoms with E-state index in [1.165, 1.54) is 5.06 Å². The SMILES string of the molecule is C=C(C)C=C(C)C(=CC)C(C)N(C)O. The molecule has 0 aliphatic carbocycles. The highest BCUT2D eigenvalue weighted by molar-refractivity contribution is 5.36. The molecule has 1 atom stereocenters. The molecule has 80 valence electrons. The van der Waals surface area contributed by atoms with E-state index >= 15 is 0 Å². The number of hydroxylamine groups is 2. The lowest BCUT2D eigenvalue weighted by atomic mass is 9.99. The van der Waals surface area contributed by atoms with Crippen molar-refractivity contribution in [2.45, 2.75) is 33.7 Å². The zero-order chi connectivity index (χ0) is 11.3. The van der Waals surface area contributed by atoms with E-state index < -0.39 is 0 Å². The maximum Gasteiger partial charge on any atom is 0.0567 e. The average molecular weight is 195 g/mol. The van der Waals surface area contributed by atoms with E-state index in [0.29, 0.717) is 0 Å². The minimum absolute atomic E-state index is 0.00981. The summed E-state index contributed by atoms with van der Waals surface area (Å²) < 4.78 is 0. The van der Waals surface area contributed by atoms with Gasteiger partial charge in [-0.3, -0.25) is 0 Å². The van der Waals surface area contributed by atoms with E-state index in [-0.39, 0.29) is 6.04 Å². The molecule has 0 aromatic heterocycles. The monoisotopic (exact) mass is 195 g/mol. The van der Waals surface area contributed by atoms with Crippen LogP contribution in [0.2, 0.25) is 0 Å². The fraction of sp³-hybridized carbons (Fsp3) is 0.500. The van der Waals surface area contributed by atoms with Crippen LogP contribution in [-0.2, 0) is 0 Å². The van der Waals surface area contributed by atoms with Crippen molar-refractivity contribution in [2.75, 3.05) is 7.05 Å². The summed E-state index contributed by atoms with van der Waals surface area (Å²) in [5, 5.41) is 10.6. The molecule has 1 N–H and O–H groups in total. The van der Waals surface area contributed by atoms with E-state index in [0.717, 1.165) is 16.7 Å². The van der Waals surface area contributed by atoms with Gasteiger partial charge in [0.05, 0.1) is 6.04 Å². The van der Waals surface area contributed by atoms with E-state index in [9.17, 15) is 5.21 Å². The van der Waals surface area contributed by atoms with E-state index in [4.69, 9.17) is 0 Å². The summed E-state index contributed by atoms with van der Waals surface area (Å²) in [5.74, 6) is 0. The third-order valence-electron chi connectivity index (χ3n) is 2.24. The van der Waals surface area contributed by atoms with Crippen LogP contribution in [0.1, 0.15) is 27.7 Å². The molecule has 0 aliphatic rings. The fourth-order valence-electron chi connectivity index (χ4n) is 1.45. The molecule has 0 rings (SSSR count). The summed E-state index contributed by atoms with van der Waals surface area (Å²) in [6.07, 6.45) is 4.04. The Morgan fingerprint density at radius 2 is 1.93 bits per heavy atom. The van der Waals surface area contributed by atoms with E-state index in [2.05, 4.69) is 6.58 Å². The predicted molar refractivity (Wildman–Crippen MR) is 61.3 cm³/mol. The van der Waals surface area contributed by atoms with Gasteiger partial charge in [0.1, 0.15) is 0 Å². The van der Waals surface area contributed by atoms with Gasteiger partial charge in [-0.25, -0.2) is 0 Å². The summed E-state index contributed by atoms with van der Waals surface area (Å²) in [7, 11) is 1.65. The van der Waals surface area contributed by atoms with Crippen molar-refractivity contribution in [2.24, 2.45) is 0 Å². The van der Waals surface area contributed by atoms with Crippen molar-refractivity contribution in [3.63, 3.8) is 0 Å². The second-order valence-electron chi connectivity index (χ2n) is 3.67. The number of nitrogens with zero attached hydrogens (tertiary/aromatic N) is 1. The lowest BCUT2D eigenvalue weighted by Gasteiger charge is -2.21. The molecular weight excluding hydrogens is 174 g/mol. The zero-order valence-electron chi connectivity index (χ0n) is 9.83. The quantitative estimate of drug-likeness (QED) is 0.550. The number of allylic oxidation sites excluding steroid dienone is 3. The minimum atomic E-state index is 0.00981. The van der Waals surface area contributed by atoms with Crippen LogP contribution in [0.25, 0.3) is 0 Å². The van der Waals surface area contributed by atoms with E-state index in [1.807, 2.05) is 39.8 Å². The van der Waals surface area contributed by atoms with Crippen LogP contribution in [0.3, 0.4) is 0 Å². The molecule has 0 aliphatic heterocycles. The zero-order valence-corrected chi connectivity index (χ0v) is 9.83. The molecule has 0 fully saturated rings. The molecule has 0 radical (unpaired) electrons. The maximum atomic E-state index is 9.35. The van der Waals surface area contributed by atoms with Gasteiger partial charge < -0.3 is 5.21 Å². The van der Waals surface area contributed by atoms with Gasteiger partial charge in [-0.1, -0.05) is 24.3 Å². The van der Waals surface area contributed by atoms with Gasteiger partial charge in [0.25, 0.3) is 0 Å². The first-order valence-corrected chi connectivity index (χ1v) is 4.82. The number of hydrogen-bond acceptors (Lipinski definition) is 2. The lowest BCUT2D eigenvalue weighted by Crippen LogP contribution is -2.27. The van der Waals surface area contributed by atoms with Crippen LogP contribution in [0.15, 0.2) is 35.5 Å². The second kappa shape index (κ2) is 5.78. The summed E-state index contributed by atoms with van der Waals surface area (Å²) in [6.45, 7) is 11.8. The van der Waals surface area contributed by atoms with Crippen LogP contribution in [0, 0.1) is 0 Å². The predicted octanol–water partition coefficient (Wildman–Crippen LogP) is 3.16. The highest BCUT2D eigenvalue weighted by Gasteiger charge is 2.12. The average Bonchev–Trinajstić information content (AvgIpc) is 2.03. The Labute approximate surface area is 87.2 Å². The Morgan fingerprint density at radius 3 is 2.21 bits per heavy atom. The molecule has 1 unspecified atom stereocenters.